The lowest BCUT2D eigenvalue weighted by atomic mass is 10.1. The molecule has 0 heterocycles. The molecule has 1 aromatic carbocycles. The van der Waals surface area contributed by atoms with Crippen LogP contribution in [0, 0.1) is 11.8 Å². The summed E-state index contributed by atoms with van der Waals surface area (Å²) in [6, 6.07) is 5.59. The van der Waals surface area contributed by atoms with Crippen molar-refractivity contribution in [2.75, 3.05) is 26.5 Å². The van der Waals surface area contributed by atoms with E-state index in [1.54, 1.807) is 6.07 Å². The minimum Gasteiger partial charge on any atom is -0.495 e. The molecule has 0 bridgehead atoms. The van der Waals surface area contributed by atoms with E-state index in [2.05, 4.69) is 5.32 Å². The molecule has 1 fully saturated rings. The van der Waals surface area contributed by atoms with E-state index < -0.39 is 17.8 Å². The maximum absolute atomic E-state index is 12.1. The molecule has 1 amide bonds. The SMILES string of the molecule is COc1ccc(CN(C)C)cc1NC(=O)C1CC1C(=O)O. The van der Waals surface area contributed by atoms with Crippen LogP contribution in [0.3, 0.4) is 0 Å². The highest BCUT2D eigenvalue weighted by Gasteiger charge is 2.48. The Morgan fingerprint density at radius 3 is 2.62 bits per heavy atom. The Labute approximate surface area is 123 Å². The predicted molar refractivity (Wildman–Crippen MR) is 78.2 cm³/mol. The fraction of sp³-hybridized carbons (Fsp3) is 0.467. The van der Waals surface area contributed by atoms with Gasteiger partial charge in [0.25, 0.3) is 0 Å². The smallest absolute Gasteiger partial charge is 0.307 e. The van der Waals surface area contributed by atoms with Gasteiger partial charge in [0.2, 0.25) is 5.91 Å². The summed E-state index contributed by atoms with van der Waals surface area (Å²) in [5, 5.41) is 11.6. The van der Waals surface area contributed by atoms with Crippen LogP contribution in [0.5, 0.6) is 5.75 Å². The quantitative estimate of drug-likeness (QED) is 0.829. The summed E-state index contributed by atoms with van der Waals surface area (Å²) in [7, 11) is 5.46. The van der Waals surface area contributed by atoms with Crippen molar-refractivity contribution in [2.45, 2.75) is 13.0 Å². The molecule has 114 valence electrons. The molecule has 6 heteroatoms. The van der Waals surface area contributed by atoms with Gasteiger partial charge >= 0.3 is 5.97 Å². The largest absolute Gasteiger partial charge is 0.495 e. The van der Waals surface area contributed by atoms with Crippen molar-refractivity contribution in [1.29, 1.82) is 0 Å². The number of methoxy groups -OCH3 is 1. The van der Waals surface area contributed by atoms with Crippen LogP contribution in [0.25, 0.3) is 0 Å². The second-order valence-electron chi connectivity index (χ2n) is 5.55. The molecule has 0 aromatic heterocycles. The molecule has 1 saturated carbocycles. The number of amides is 1. The summed E-state index contributed by atoms with van der Waals surface area (Å²) < 4.78 is 5.24. The van der Waals surface area contributed by atoms with Gasteiger partial charge in [0.05, 0.1) is 24.6 Å². The second kappa shape index (κ2) is 6.13. The number of nitrogens with zero attached hydrogens (tertiary/aromatic N) is 1. The molecule has 6 nitrogen and oxygen atoms in total. The molecule has 0 spiro atoms. The number of hydrogen-bond donors (Lipinski definition) is 2. The number of nitrogens with one attached hydrogen (secondary N) is 1. The Kier molecular flexibility index (Phi) is 4.47. The second-order valence-corrected chi connectivity index (χ2v) is 5.55. The van der Waals surface area contributed by atoms with E-state index in [0.29, 0.717) is 17.9 Å². The summed E-state index contributed by atoms with van der Waals surface area (Å²) >= 11 is 0. The number of carboxylic acids is 1. The lowest BCUT2D eigenvalue weighted by molar-refractivity contribution is -0.139. The summed E-state index contributed by atoms with van der Waals surface area (Å²) in [4.78, 5) is 24.9. The summed E-state index contributed by atoms with van der Waals surface area (Å²) in [5.74, 6) is -1.60. The Bertz CT molecular complexity index is 557. The van der Waals surface area contributed by atoms with E-state index in [-0.39, 0.29) is 5.91 Å². The molecule has 2 rings (SSSR count). The molecule has 2 atom stereocenters. The topological polar surface area (TPSA) is 78.9 Å². The third-order valence-corrected chi connectivity index (χ3v) is 3.46. The van der Waals surface area contributed by atoms with Crippen molar-refractivity contribution in [2.24, 2.45) is 11.8 Å². The van der Waals surface area contributed by atoms with Crippen LogP contribution in [-0.2, 0) is 16.1 Å². The number of benzene rings is 1. The van der Waals surface area contributed by atoms with Crippen molar-refractivity contribution in [3.63, 3.8) is 0 Å². The van der Waals surface area contributed by atoms with Crippen LogP contribution in [-0.4, -0.2) is 43.1 Å². The van der Waals surface area contributed by atoms with Crippen LogP contribution < -0.4 is 10.1 Å². The minimum atomic E-state index is -0.913. The van der Waals surface area contributed by atoms with Crippen molar-refractivity contribution in [1.82, 2.24) is 4.90 Å². The zero-order chi connectivity index (χ0) is 15.6. The third kappa shape index (κ3) is 3.72. The number of carboxylic acid groups (broad SMARTS) is 1. The van der Waals surface area contributed by atoms with E-state index >= 15 is 0 Å². The van der Waals surface area contributed by atoms with Gasteiger partial charge in [-0.2, -0.15) is 0 Å². The summed E-state index contributed by atoms with van der Waals surface area (Å²) in [6.45, 7) is 0.744. The van der Waals surface area contributed by atoms with Gasteiger partial charge in [-0.3, -0.25) is 9.59 Å². The van der Waals surface area contributed by atoms with Crippen LogP contribution in [0.4, 0.5) is 5.69 Å². The number of ether oxygens (including phenoxy) is 1. The first-order valence-electron chi connectivity index (χ1n) is 6.77. The molecule has 1 aliphatic rings. The molecule has 0 radical (unpaired) electrons. The number of carbonyl (C=O) groups excluding carboxylic acids is 1. The van der Waals surface area contributed by atoms with Gasteiger partial charge in [-0.25, -0.2) is 0 Å². The Hall–Kier alpha value is -2.08. The van der Waals surface area contributed by atoms with Crippen molar-refractivity contribution >= 4 is 17.6 Å². The average Bonchev–Trinajstić information content (AvgIpc) is 3.18. The van der Waals surface area contributed by atoms with Gasteiger partial charge in [0, 0.05) is 6.54 Å². The van der Waals surface area contributed by atoms with E-state index in [4.69, 9.17) is 9.84 Å². The highest BCUT2D eigenvalue weighted by atomic mass is 16.5. The van der Waals surface area contributed by atoms with Crippen molar-refractivity contribution < 1.29 is 19.4 Å². The average molecular weight is 292 g/mol. The molecule has 1 aromatic rings. The van der Waals surface area contributed by atoms with Gasteiger partial charge in [-0.15, -0.1) is 0 Å². The van der Waals surface area contributed by atoms with Gasteiger partial charge in [0.15, 0.2) is 0 Å². The Morgan fingerprint density at radius 1 is 1.38 bits per heavy atom. The van der Waals surface area contributed by atoms with Crippen LogP contribution in [0.15, 0.2) is 18.2 Å². The molecule has 0 aliphatic heterocycles. The standard InChI is InChI=1S/C15H20N2O4/c1-17(2)8-9-4-5-13(21-3)12(6-9)16-14(18)10-7-11(10)15(19)20/h4-6,10-11H,7-8H2,1-3H3,(H,16,18)(H,19,20). The first-order chi connectivity index (χ1) is 9.92. The fourth-order valence-corrected chi connectivity index (χ4v) is 2.30. The fourth-order valence-electron chi connectivity index (χ4n) is 2.30. The molecular weight excluding hydrogens is 272 g/mol. The number of aliphatic carboxylic acids is 1. The van der Waals surface area contributed by atoms with Crippen molar-refractivity contribution in [3.05, 3.63) is 23.8 Å². The third-order valence-electron chi connectivity index (χ3n) is 3.46. The van der Waals surface area contributed by atoms with Crippen LogP contribution >= 0.6 is 0 Å². The molecule has 1 aliphatic carbocycles. The van der Waals surface area contributed by atoms with E-state index in [1.807, 2.05) is 31.1 Å². The normalized spacial score (nSPS) is 20.2. The Morgan fingerprint density at radius 2 is 2.10 bits per heavy atom. The first kappa shape index (κ1) is 15.3. The molecule has 21 heavy (non-hydrogen) atoms. The highest BCUT2D eigenvalue weighted by Crippen LogP contribution is 2.40. The molecule has 2 N–H and O–H groups in total. The van der Waals surface area contributed by atoms with E-state index in [0.717, 1.165) is 12.1 Å². The maximum Gasteiger partial charge on any atom is 0.307 e. The van der Waals surface area contributed by atoms with Crippen molar-refractivity contribution in [3.8, 4) is 5.75 Å². The Balaban J connectivity index is 2.10. The lowest BCUT2D eigenvalue weighted by Gasteiger charge is -2.14. The first-order valence-corrected chi connectivity index (χ1v) is 6.77. The van der Waals surface area contributed by atoms with Gasteiger partial charge < -0.3 is 20.1 Å². The van der Waals surface area contributed by atoms with E-state index in [9.17, 15) is 9.59 Å². The van der Waals surface area contributed by atoms with Crippen LogP contribution in [0.2, 0.25) is 0 Å². The number of anilines is 1. The molecular formula is C15H20N2O4. The molecule has 2 unspecified atom stereocenters. The van der Waals surface area contributed by atoms with Crippen LogP contribution in [0.1, 0.15) is 12.0 Å². The molecule has 0 saturated heterocycles. The zero-order valence-corrected chi connectivity index (χ0v) is 12.4. The summed E-state index contributed by atoms with van der Waals surface area (Å²) in [6.07, 6.45) is 0.404. The van der Waals surface area contributed by atoms with Gasteiger partial charge in [-0.05, 0) is 38.2 Å². The zero-order valence-electron chi connectivity index (χ0n) is 12.4. The van der Waals surface area contributed by atoms with Gasteiger partial charge in [0.1, 0.15) is 5.75 Å². The summed E-state index contributed by atoms with van der Waals surface area (Å²) in [5.41, 5.74) is 1.62. The lowest BCUT2D eigenvalue weighted by Crippen LogP contribution is -2.18. The number of rotatable bonds is 6. The van der Waals surface area contributed by atoms with E-state index in [1.165, 1.54) is 7.11 Å². The predicted octanol–water partition coefficient (Wildman–Crippen LogP) is 1.42. The highest BCUT2D eigenvalue weighted by molar-refractivity contribution is 5.99. The minimum absolute atomic E-state index is 0.261. The maximum atomic E-state index is 12.1. The van der Waals surface area contributed by atoms with Gasteiger partial charge in [-0.1, -0.05) is 6.07 Å². The number of hydrogen-bond acceptors (Lipinski definition) is 4. The monoisotopic (exact) mass is 292 g/mol. The number of carbonyl (C=O) groups is 2.